The number of piperidine rings is 1. The number of likely N-dealkylation sites (tertiary alicyclic amines) is 1. The number of rotatable bonds is 6. The predicted molar refractivity (Wildman–Crippen MR) is 115 cm³/mol. The van der Waals surface area contributed by atoms with Crippen LogP contribution in [0.1, 0.15) is 37.7 Å². The summed E-state index contributed by atoms with van der Waals surface area (Å²) in [7, 11) is -3.84. The van der Waals surface area contributed by atoms with Crippen LogP contribution in [-0.4, -0.2) is 87.7 Å². The average Bonchev–Trinajstić information content (AvgIpc) is 3.15. The molecule has 194 valence electrons. The van der Waals surface area contributed by atoms with Gasteiger partial charge in [-0.25, -0.2) is 21.5 Å². The van der Waals surface area contributed by atoms with Gasteiger partial charge in [-0.1, -0.05) is 0 Å². The van der Waals surface area contributed by atoms with Gasteiger partial charge in [0.25, 0.3) is 5.92 Å². The second-order valence-electron chi connectivity index (χ2n) is 9.21. The molecule has 2 aliphatic heterocycles. The van der Waals surface area contributed by atoms with Crippen LogP contribution in [0.3, 0.4) is 0 Å². The number of hydrogen-bond acceptors (Lipinski definition) is 5. The number of halogens is 5. The Kier molecular flexibility index (Phi) is 6.37. The van der Waals surface area contributed by atoms with E-state index in [1.807, 2.05) is 18.3 Å². The van der Waals surface area contributed by atoms with Gasteiger partial charge in [0.05, 0.1) is 17.5 Å². The molecule has 14 heteroatoms. The van der Waals surface area contributed by atoms with Gasteiger partial charge in [0.1, 0.15) is 5.25 Å². The van der Waals surface area contributed by atoms with Gasteiger partial charge >= 0.3 is 6.18 Å². The molecule has 0 bridgehead atoms. The highest BCUT2D eigenvalue weighted by molar-refractivity contribution is 7.89. The maximum atomic E-state index is 13.5. The Hall–Kier alpha value is -2.32. The molecule has 4 heterocycles. The average molecular weight is 525 g/mol. The van der Waals surface area contributed by atoms with Crippen molar-refractivity contribution in [1.82, 2.24) is 19.2 Å². The maximum Gasteiger partial charge on any atom is 0.423 e. The van der Waals surface area contributed by atoms with Crippen LogP contribution in [0.15, 0.2) is 24.5 Å². The van der Waals surface area contributed by atoms with Crippen molar-refractivity contribution in [2.75, 3.05) is 26.2 Å². The van der Waals surface area contributed by atoms with Crippen LogP contribution < -0.4 is 0 Å². The van der Waals surface area contributed by atoms with Gasteiger partial charge in [0.2, 0.25) is 21.5 Å². The molecule has 0 spiro atoms. The Labute approximate surface area is 198 Å². The van der Waals surface area contributed by atoms with E-state index in [-0.39, 0.29) is 25.9 Å². The summed E-state index contributed by atoms with van der Waals surface area (Å²) in [5.41, 5.74) is -1.82. The molecular formula is C21H25F5N4O4S. The van der Waals surface area contributed by atoms with Gasteiger partial charge in [-0.15, -0.1) is 0 Å². The first kappa shape index (κ1) is 25.8. The van der Waals surface area contributed by atoms with E-state index < -0.39 is 58.4 Å². The number of amides is 1. The molecule has 2 aliphatic rings. The third kappa shape index (κ3) is 4.51. The molecule has 2 N–H and O–H groups in total. The standard InChI is InChI=1S/C21H25F5N4O4S/c1-19(22,23)20(32,21(24,25)26)9-17(31)29-11-14(12-29)35(33,34)30-7-4-13(5-8-30)15-10-28-16-3-2-6-27-18(15)16/h2-3,6,10,13-14,28,32H,4-5,7-9,11-12H2,1H3. The zero-order chi connectivity index (χ0) is 25.8. The van der Waals surface area contributed by atoms with Gasteiger partial charge in [-0.2, -0.15) is 13.2 Å². The van der Waals surface area contributed by atoms with Gasteiger partial charge < -0.3 is 15.0 Å². The van der Waals surface area contributed by atoms with E-state index in [0.717, 1.165) is 21.5 Å². The second kappa shape index (κ2) is 8.66. The highest BCUT2D eigenvalue weighted by atomic mass is 32.2. The summed E-state index contributed by atoms with van der Waals surface area (Å²) in [6, 6.07) is 3.70. The monoisotopic (exact) mass is 524 g/mol. The molecule has 0 saturated carbocycles. The largest absolute Gasteiger partial charge is 0.423 e. The lowest BCUT2D eigenvalue weighted by Crippen LogP contribution is -2.64. The van der Waals surface area contributed by atoms with Crippen LogP contribution in [0.4, 0.5) is 22.0 Å². The van der Waals surface area contributed by atoms with E-state index in [1.54, 1.807) is 6.20 Å². The van der Waals surface area contributed by atoms with Crippen molar-refractivity contribution < 1.29 is 40.3 Å². The van der Waals surface area contributed by atoms with Gasteiger partial charge in [-0.3, -0.25) is 9.78 Å². The molecular weight excluding hydrogens is 499 g/mol. The number of fused-ring (bicyclic) bond motifs is 1. The lowest BCUT2D eigenvalue weighted by molar-refractivity contribution is -0.327. The molecule has 1 atom stereocenters. The number of aromatic amines is 1. The van der Waals surface area contributed by atoms with Crippen molar-refractivity contribution in [3.05, 3.63) is 30.1 Å². The van der Waals surface area contributed by atoms with Crippen molar-refractivity contribution in [2.45, 2.75) is 55.1 Å². The Balaban J connectivity index is 1.35. The topological polar surface area (TPSA) is 107 Å². The maximum absolute atomic E-state index is 13.5. The van der Waals surface area contributed by atoms with Crippen molar-refractivity contribution in [1.29, 1.82) is 0 Å². The lowest BCUT2D eigenvalue weighted by atomic mass is 9.90. The Morgan fingerprint density at radius 3 is 2.40 bits per heavy atom. The number of alkyl halides is 5. The number of aliphatic hydroxyl groups is 1. The molecule has 2 aromatic rings. The van der Waals surface area contributed by atoms with Crippen LogP contribution in [0, 0.1) is 0 Å². The zero-order valence-electron chi connectivity index (χ0n) is 18.7. The molecule has 1 unspecified atom stereocenters. The first-order chi connectivity index (χ1) is 16.1. The van der Waals surface area contributed by atoms with Crippen molar-refractivity contribution in [3.8, 4) is 0 Å². The minimum Gasteiger partial charge on any atom is -0.375 e. The molecule has 35 heavy (non-hydrogen) atoms. The smallest absolute Gasteiger partial charge is 0.375 e. The fraction of sp³-hybridized carbons (Fsp3) is 0.619. The van der Waals surface area contributed by atoms with Crippen LogP contribution >= 0.6 is 0 Å². The number of carbonyl (C=O) groups excluding carboxylic acids is 1. The van der Waals surface area contributed by atoms with E-state index >= 15 is 0 Å². The summed E-state index contributed by atoms with van der Waals surface area (Å²) in [6.45, 7) is -0.500. The zero-order valence-corrected chi connectivity index (χ0v) is 19.5. The van der Waals surface area contributed by atoms with Crippen molar-refractivity contribution in [3.63, 3.8) is 0 Å². The van der Waals surface area contributed by atoms with Crippen LogP contribution in [0.25, 0.3) is 11.0 Å². The molecule has 4 rings (SSSR count). The third-order valence-electron chi connectivity index (χ3n) is 6.94. The van der Waals surface area contributed by atoms with Gasteiger partial charge in [0, 0.05) is 45.5 Å². The van der Waals surface area contributed by atoms with Gasteiger partial charge in [0.15, 0.2) is 0 Å². The number of hydrogen-bond donors (Lipinski definition) is 2. The molecule has 8 nitrogen and oxygen atoms in total. The first-order valence-corrected chi connectivity index (χ1v) is 12.5. The molecule has 1 amide bonds. The quantitative estimate of drug-likeness (QED) is 0.566. The van der Waals surface area contributed by atoms with Crippen LogP contribution in [0.2, 0.25) is 0 Å². The molecule has 2 saturated heterocycles. The minimum absolute atomic E-state index is 0.0975. The Morgan fingerprint density at radius 1 is 1.20 bits per heavy atom. The Bertz CT molecular complexity index is 1180. The number of H-pyrrole nitrogens is 1. The molecule has 2 aromatic heterocycles. The Morgan fingerprint density at radius 2 is 1.83 bits per heavy atom. The summed E-state index contributed by atoms with van der Waals surface area (Å²) >= 11 is 0. The highest BCUT2D eigenvalue weighted by Gasteiger charge is 2.68. The fourth-order valence-electron chi connectivity index (χ4n) is 4.58. The molecule has 0 aliphatic carbocycles. The minimum atomic E-state index is -5.75. The number of nitrogens with zero attached hydrogens (tertiary/aromatic N) is 3. The molecule has 0 aromatic carbocycles. The summed E-state index contributed by atoms with van der Waals surface area (Å²) in [6.07, 6.45) is -3.01. The summed E-state index contributed by atoms with van der Waals surface area (Å²) < 4.78 is 93.4. The van der Waals surface area contributed by atoms with E-state index in [2.05, 4.69) is 9.97 Å². The number of sulfonamides is 1. The predicted octanol–water partition coefficient (Wildman–Crippen LogP) is 2.62. The van der Waals surface area contributed by atoms with E-state index in [4.69, 9.17) is 0 Å². The van der Waals surface area contributed by atoms with E-state index in [9.17, 15) is 40.3 Å². The fourth-order valence-corrected chi connectivity index (χ4v) is 6.46. The molecule has 0 radical (unpaired) electrons. The SMILES string of the molecule is CC(F)(F)C(O)(CC(=O)N1CC(S(=O)(=O)N2CCC(c3c[nH]c4cccnc34)CC2)C1)C(F)(F)F. The van der Waals surface area contributed by atoms with E-state index in [1.165, 1.54) is 4.31 Å². The van der Waals surface area contributed by atoms with E-state index in [0.29, 0.717) is 12.8 Å². The third-order valence-corrected chi connectivity index (χ3v) is 9.17. The normalized spacial score (nSPS) is 21.2. The lowest BCUT2D eigenvalue weighted by Gasteiger charge is -2.44. The second-order valence-corrected chi connectivity index (χ2v) is 11.4. The van der Waals surface area contributed by atoms with Crippen molar-refractivity contribution in [2.24, 2.45) is 0 Å². The number of aromatic nitrogens is 2. The van der Waals surface area contributed by atoms with Gasteiger partial charge in [-0.05, 0) is 36.5 Å². The van der Waals surface area contributed by atoms with Crippen LogP contribution in [0.5, 0.6) is 0 Å². The number of nitrogens with one attached hydrogen (secondary N) is 1. The summed E-state index contributed by atoms with van der Waals surface area (Å²) in [5, 5.41) is 8.52. The summed E-state index contributed by atoms with van der Waals surface area (Å²) in [4.78, 5) is 20.5. The summed E-state index contributed by atoms with van der Waals surface area (Å²) in [5.74, 6) is -5.91. The number of pyridine rings is 1. The van der Waals surface area contributed by atoms with Crippen LogP contribution in [-0.2, 0) is 14.8 Å². The first-order valence-electron chi connectivity index (χ1n) is 11.0. The molecule has 2 fully saturated rings. The van der Waals surface area contributed by atoms with Crippen molar-refractivity contribution >= 4 is 27.0 Å². The highest BCUT2D eigenvalue weighted by Crippen LogP contribution is 2.45. The number of carbonyl (C=O) groups is 1.